The van der Waals surface area contributed by atoms with Crippen LogP contribution < -0.4 is 10.1 Å². The number of carbonyl (C=O) groups is 1. The average Bonchev–Trinajstić information content (AvgIpc) is 2.30. The normalized spacial score (nSPS) is 11.1. The molecule has 8 heteroatoms. The van der Waals surface area contributed by atoms with Gasteiger partial charge in [0, 0.05) is 23.5 Å². The van der Waals surface area contributed by atoms with E-state index in [0.29, 0.717) is 12.3 Å². The largest absolute Gasteiger partial charge is 0.492 e. The van der Waals surface area contributed by atoms with E-state index in [1.54, 1.807) is 6.92 Å². The van der Waals surface area contributed by atoms with Crippen molar-refractivity contribution < 1.29 is 22.7 Å². The maximum absolute atomic E-state index is 11.4. The Balaban J connectivity index is 3.08. The highest BCUT2D eigenvalue weighted by Crippen LogP contribution is 2.29. The van der Waals surface area contributed by atoms with Gasteiger partial charge in [-0.05, 0) is 25.1 Å². The highest BCUT2D eigenvalue weighted by molar-refractivity contribution is 8.13. The molecule has 1 N–H and O–H groups in total. The molecule has 6 nitrogen and oxygen atoms in total. The van der Waals surface area contributed by atoms with Crippen molar-refractivity contribution in [3.05, 3.63) is 18.2 Å². The van der Waals surface area contributed by atoms with E-state index in [1.807, 2.05) is 0 Å². The maximum atomic E-state index is 11.4. The Hall–Kier alpha value is -1.31. The molecule has 1 rings (SSSR count). The molecule has 0 unspecified atom stereocenters. The first-order chi connectivity index (χ1) is 8.88. The molecule has 0 aliphatic heterocycles. The first kappa shape index (κ1) is 15.7. The molecule has 0 bridgehead atoms. The first-order valence-corrected chi connectivity index (χ1v) is 7.69. The van der Waals surface area contributed by atoms with Crippen LogP contribution in [-0.4, -0.2) is 34.6 Å². The molecule has 1 amide bonds. The minimum atomic E-state index is -3.96. The molecule has 19 heavy (non-hydrogen) atoms. The summed E-state index contributed by atoms with van der Waals surface area (Å²) >= 11 is 0. The van der Waals surface area contributed by atoms with Crippen molar-refractivity contribution in [3.8, 4) is 5.75 Å². The monoisotopic (exact) mass is 307 g/mol. The SMILES string of the molecule is CCOc1ccc(NC(=O)COC)cc1S(=O)(=O)Cl. The molecule has 0 radical (unpaired) electrons. The highest BCUT2D eigenvalue weighted by atomic mass is 35.7. The van der Waals surface area contributed by atoms with Crippen molar-refractivity contribution in [2.45, 2.75) is 11.8 Å². The molecule has 0 aromatic heterocycles. The zero-order chi connectivity index (χ0) is 14.5. The van der Waals surface area contributed by atoms with E-state index in [1.165, 1.54) is 25.3 Å². The molecule has 0 saturated carbocycles. The summed E-state index contributed by atoms with van der Waals surface area (Å²) < 4.78 is 32.7. The van der Waals surface area contributed by atoms with E-state index in [-0.39, 0.29) is 17.3 Å². The molecule has 0 spiro atoms. The standard InChI is InChI=1S/C11H14ClNO5S/c1-3-18-9-5-4-8(13-11(14)7-17-2)6-10(9)19(12,15)16/h4-6H,3,7H2,1-2H3,(H,13,14). The summed E-state index contributed by atoms with van der Waals surface area (Å²) in [6.07, 6.45) is 0. The molecule has 0 saturated heterocycles. The van der Waals surface area contributed by atoms with Crippen LogP contribution in [0.4, 0.5) is 5.69 Å². The number of nitrogens with one attached hydrogen (secondary N) is 1. The van der Waals surface area contributed by atoms with Gasteiger partial charge in [0.2, 0.25) is 5.91 Å². The van der Waals surface area contributed by atoms with Crippen molar-refractivity contribution in [1.82, 2.24) is 0 Å². The number of methoxy groups -OCH3 is 1. The summed E-state index contributed by atoms with van der Waals surface area (Å²) in [6.45, 7) is 1.89. The summed E-state index contributed by atoms with van der Waals surface area (Å²) in [4.78, 5) is 11.1. The Morgan fingerprint density at radius 3 is 2.63 bits per heavy atom. The lowest BCUT2D eigenvalue weighted by molar-refractivity contribution is -0.119. The molecule has 0 heterocycles. The average molecular weight is 308 g/mol. The van der Waals surface area contributed by atoms with Crippen LogP contribution in [0.1, 0.15) is 6.92 Å². The van der Waals surface area contributed by atoms with Gasteiger partial charge < -0.3 is 14.8 Å². The van der Waals surface area contributed by atoms with Gasteiger partial charge in [0.15, 0.2) is 0 Å². The van der Waals surface area contributed by atoms with E-state index < -0.39 is 15.0 Å². The predicted octanol–water partition coefficient (Wildman–Crippen LogP) is 1.60. The summed E-state index contributed by atoms with van der Waals surface area (Å²) in [6, 6.07) is 4.19. The second-order valence-electron chi connectivity index (χ2n) is 3.51. The molecule has 0 fully saturated rings. The molecule has 1 aromatic carbocycles. The van der Waals surface area contributed by atoms with Gasteiger partial charge in [-0.15, -0.1) is 0 Å². The van der Waals surface area contributed by atoms with E-state index in [9.17, 15) is 13.2 Å². The van der Waals surface area contributed by atoms with E-state index in [4.69, 9.17) is 15.4 Å². The number of hydrogen-bond donors (Lipinski definition) is 1. The third-order valence-electron chi connectivity index (χ3n) is 2.07. The lowest BCUT2D eigenvalue weighted by Gasteiger charge is -2.10. The lowest BCUT2D eigenvalue weighted by Crippen LogP contribution is -2.17. The van der Waals surface area contributed by atoms with Gasteiger partial charge in [0.25, 0.3) is 9.05 Å². The van der Waals surface area contributed by atoms with E-state index in [2.05, 4.69) is 10.1 Å². The Morgan fingerprint density at radius 2 is 2.11 bits per heavy atom. The Labute approximate surface area is 116 Å². The van der Waals surface area contributed by atoms with Crippen LogP contribution in [0.3, 0.4) is 0 Å². The van der Waals surface area contributed by atoms with Crippen LogP contribution >= 0.6 is 10.7 Å². The number of hydrogen-bond acceptors (Lipinski definition) is 5. The first-order valence-electron chi connectivity index (χ1n) is 5.38. The van der Waals surface area contributed by atoms with E-state index >= 15 is 0 Å². The van der Waals surface area contributed by atoms with Gasteiger partial charge in [0.1, 0.15) is 17.3 Å². The van der Waals surface area contributed by atoms with Crippen LogP contribution in [0.5, 0.6) is 5.75 Å². The lowest BCUT2D eigenvalue weighted by atomic mass is 10.3. The highest BCUT2D eigenvalue weighted by Gasteiger charge is 2.18. The number of anilines is 1. The molecular formula is C11H14ClNO5S. The van der Waals surface area contributed by atoms with Crippen molar-refractivity contribution >= 4 is 31.3 Å². The van der Waals surface area contributed by atoms with Gasteiger partial charge in [-0.3, -0.25) is 4.79 Å². The van der Waals surface area contributed by atoms with E-state index in [0.717, 1.165) is 0 Å². The zero-order valence-corrected chi connectivity index (χ0v) is 12.0. The van der Waals surface area contributed by atoms with Gasteiger partial charge in [-0.2, -0.15) is 0 Å². The number of ether oxygens (including phenoxy) is 2. The molecule has 0 atom stereocenters. The van der Waals surface area contributed by atoms with Crippen molar-refractivity contribution in [2.75, 3.05) is 25.6 Å². The Bertz CT molecular complexity index is 558. The fourth-order valence-electron chi connectivity index (χ4n) is 1.38. The van der Waals surface area contributed by atoms with Gasteiger partial charge >= 0.3 is 0 Å². The van der Waals surface area contributed by atoms with Crippen LogP contribution in [0.25, 0.3) is 0 Å². The smallest absolute Gasteiger partial charge is 0.265 e. The maximum Gasteiger partial charge on any atom is 0.265 e. The van der Waals surface area contributed by atoms with Crippen molar-refractivity contribution in [3.63, 3.8) is 0 Å². The number of amides is 1. The summed E-state index contributed by atoms with van der Waals surface area (Å²) in [7, 11) is 2.74. The minimum Gasteiger partial charge on any atom is -0.492 e. The second-order valence-corrected chi connectivity index (χ2v) is 6.05. The molecule has 0 aliphatic carbocycles. The fraction of sp³-hybridized carbons (Fsp3) is 0.364. The number of carbonyl (C=O) groups excluding carboxylic acids is 1. The molecule has 1 aromatic rings. The van der Waals surface area contributed by atoms with Crippen molar-refractivity contribution in [1.29, 1.82) is 0 Å². The van der Waals surface area contributed by atoms with Crippen LogP contribution in [0.2, 0.25) is 0 Å². The number of halogens is 1. The summed E-state index contributed by atoms with van der Waals surface area (Å²) in [5, 5.41) is 2.48. The molecule has 106 valence electrons. The third kappa shape index (κ3) is 4.70. The fourth-order valence-corrected chi connectivity index (χ4v) is 2.38. The molecule has 0 aliphatic rings. The van der Waals surface area contributed by atoms with Crippen LogP contribution in [-0.2, 0) is 18.6 Å². The zero-order valence-electron chi connectivity index (χ0n) is 10.5. The van der Waals surface area contributed by atoms with Gasteiger partial charge in [0.05, 0.1) is 6.61 Å². The number of rotatable bonds is 6. The van der Waals surface area contributed by atoms with Crippen LogP contribution in [0, 0.1) is 0 Å². The Morgan fingerprint density at radius 1 is 1.42 bits per heavy atom. The molecular weight excluding hydrogens is 294 g/mol. The Kier molecular flexibility index (Phi) is 5.59. The summed E-state index contributed by atoms with van der Waals surface area (Å²) in [5.74, 6) is -0.258. The topological polar surface area (TPSA) is 81.7 Å². The van der Waals surface area contributed by atoms with Gasteiger partial charge in [-0.25, -0.2) is 8.42 Å². The quantitative estimate of drug-likeness (QED) is 0.807. The van der Waals surface area contributed by atoms with Gasteiger partial charge in [-0.1, -0.05) is 0 Å². The van der Waals surface area contributed by atoms with Crippen molar-refractivity contribution in [2.24, 2.45) is 0 Å². The third-order valence-corrected chi connectivity index (χ3v) is 3.41. The number of benzene rings is 1. The predicted molar refractivity (Wildman–Crippen MR) is 71.2 cm³/mol. The minimum absolute atomic E-state index is 0.129. The van der Waals surface area contributed by atoms with Crippen LogP contribution in [0.15, 0.2) is 23.1 Å². The second kappa shape index (κ2) is 6.74. The summed E-state index contributed by atoms with van der Waals surface area (Å²) in [5.41, 5.74) is 0.296.